The number of hydrogen-bond acceptors (Lipinski definition) is 4. The van der Waals surface area contributed by atoms with Gasteiger partial charge in [0.15, 0.2) is 5.65 Å². The molecule has 0 spiro atoms. The molecule has 0 amide bonds. The average molecular weight is 351 g/mol. The summed E-state index contributed by atoms with van der Waals surface area (Å²) >= 11 is 0. The van der Waals surface area contributed by atoms with E-state index in [0.717, 1.165) is 35.1 Å². The van der Waals surface area contributed by atoms with Crippen LogP contribution in [0.3, 0.4) is 0 Å². The van der Waals surface area contributed by atoms with Gasteiger partial charge in [-0.2, -0.15) is 5.10 Å². The Balaban J connectivity index is 2.09. The third kappa shape index (κ3) is 3.87. The van der Waals surface area contributed by atoms with Crippen molar-refractivity contribution in [3.8, 4) is 0 Å². The molecule has 0 bridgehead atoms. The first-order chi connectivity index (χ1) is 12.8. The van der Waals surface area contributed by atoms with Crippen LogP contribution < -0.4 is 5.73 Å². The van der Waals surface area contributed by atoms with E-state index in [1.807, 2.05) is 32.1 Å². The smallest absolute Gasteiger partial charge is 0.164 e. The molecule has 5 nitrogen and oxygen atoms in total. The fourth-order valence-corrected chi connectivity index (χ4v) is 3.71. The van der Waals surface area contributed by atoms with Gasteiger partial charge in [0.1, 0.15) is 17.8 Å². The van der Waals surface area contributed by atoms with Crippen molar-refractivity contribution in [3.63, 3.8) is 0 Å². The van der Waals surface area contributed by atoms with Gasteiger partial charge in [-0.3, -0.25) is 0 Å². The van der Waals surface area contributed by atoms with Gasteiger partial charge in [-0.1, -0.05) is 62.5 Å². The predicted molar refractivity (Wildman–Crippen MR) is 109 cm³/mol. The molecule has 0 saturated heterocycles. The SMILES string of the molecule is C\C=C/C=C\C(=C/C)c1nn(C2CCCCCCC2)c2ncnc(N)c12. The van der Waals surface area contributed by atoms with Crippen molar-refractivity contribution in [2.45, 2.75) is 64.8 Å². The highest BCUT2D eigenvalue weighted by Gasteiger charge is 2.22. The Morgan fingerprint density at radius 3 is 2.50 bits per heavy atom. The molecule has 1 fully saturated rings. The van der Waals surface area contributed by atoms with Gasteiger partial charge < -0.3 is 5.73 Å². The van der Waals surface area contributed by atoms with Gasteiger partial charge in [-0.05, 0) is 32.3 Å². The number of nitrogen functional groups attached to an aromatic ring is 1. The van der Waals surface area contributed by atoms with Crippen LogP contribution in [0.5, 0.6) is 0 Å². The largest absolute Gasteiger partial charge is 0.383 e. The van der Waals surface area contributed by atoms with Gasteiger partial charge in [0, 0.05) is 0 Å². The molecule has 1 aliphatic rings. The van der Waals surface area contributed by atoms with Crippen molar-refractivity contribution in [2.24, 2.45) is 0 Å². The molecule has 2 N–H and O–H groups in total. The molecule has 0 aromatic carbocycles. The van der Waals surface area contributed by atoms with Crippen LogP contribution in [0, 0.1) is 0 Å². The summed E-state index contributed by atoms with van der Waals surface area (Å²) in [7, 11) is 0. The van der Waals surface area contributed by atoms with Gasteiger partial charge in [-0.25, -0.2) is 14.6 Å². The molecule has 26 heavy (non-hydrogen) atoms. The normalized spacial score (nSPS) is 18.0. The Morgan fingerprint density at radius 1 is 1.08 bits per heavy atom. The molecule has 2 heterocycles. The summed E-state index contributed by atoms with van der Waals surface area (Å²) in [5.74, 6) is 0.501. The van der Waals surface area contributed by atoms with E-state index in [9.17, 15) is 0 Å². The van der Waals surface area contributed by atoms with Gasteiger partial charge in [0.05, 0.1) is 11.4 Å². The maximum atomic E-state index is 6.23. The lowest BCUT2D eigenvalue weighted by molar-refractivity contribution is 0.354. The lowest BCUT2D eigenvalue weighted by atomic mass is 9.97. The summed E-state index contributed by atoms with van der Waals surface area (Å²) in [6.07, 6.45) is 20.5. The van der Waals surface area contributed by atoms with E-state index in [2.05, 4.69) is 26.8 Å². The van der Waals surface area contributed by atoms with E-state index < -0.39 is 0 Å². The number of aromatic nitrogens is 4. The van der Waals surface area contributed by atoms with Crippen molar-refractivity contribution in [1.29, 1.82) is 0 Å². The van der Waals surface area contributed by atoms with Crippen LogP contribution in [0.1, 0.15) is 70.5 Å². The zero-order valence-corrected chi connectivity index (χ0v) is 15.9. The van der Waals surface area contributed by atoms with Crippen LogP contribution in [0.15, 0.2) is 36.7 Å². The summed E-state index contributed by atoms with van der Waals surface area (Å²) in [6.45, 7) is 4.03. The van der Waals surface area contributed by atoms with E-state index in [0.29, 0.717) is 11.9 Å². The van der Waals surface area contributed by atoms with Gasteiger partial charge in [0.2, 0.25) is 0 Å². The first-order valence-corrected chi connectivity index (χ1v) is 9.71. The lowest BCUT2D eigenvalue weighted by Gasteiger charge is -2.20. The molecule has 2 aromatic heterocycles. The van der Waals surface area contributed by atoms with Crippen LogP contribution in [-0.2, 0) is 0 Å². The van der Waals surface area contributed by atoms with Crippen LogP contribution in [0.2, 0.25) is 0 Å². The Labute approximate surface area is 155 Å². The van der Waals surface area contributed by atoms with Crippen LogP contribution in [0.4, 0.5) is 5.82 Å². The van der Waals surface area contributed by atoms with E-state index in [1.54, 1.807) is 6.33 Å². The van der Waals surface area contributed by atoms with Gasteiger partial charge >= 0.3 is 0 Å². The molecular formula is C21H29N5. The third-order valence-electron chi connectivity index (χ3n) is 5.10. The highest BCUT2D eigenvalue weighted by atomic mass is 15.3. The Bertz CT molecular complexity index is 820. The van der Waals surface area contributed by atoms with E-state index in [4.69, 9.17) is 10.8 Å². The molecule has 0 atom stereocenters. The van der Waals surface area contributed by atoms with Crippen LogP contribution in [-0.4, -0.2) is 19.7 Å². The second-order valence-electron chi connectivity index (χ2n) is 6.88. The topological polar surface area (TPSA) is 69.6 Å². The van der Waals surface area contributed by atoms with Crippen molar-refractivity contribution in [2.75, 3.05) is 5.73 Å². The molecule has 1 saturated carbocycles. The maximum Gasteiger partial charge on any atom is 0.164 e. The minimum atomic E-state index is 0.387. The molecule has 0 aliphatic heterocycles. The molecule has 0 radical (unpaired) electrons. The van der Waals surface area contributed by atoms with Crippen molar-refractivity contribution in [1.82, 2.24) is 19.7 Å². The summed E-state index contributed by atoms with van der Waals surface area (Å²) in [4.78, 5) is 8.77. The van der Waals surface area contributed by atoms with Crippen molar-refractivity contribution < 1.29 is 0 Å². The second-order valence-corrected chi connectivity index (χ2v) is 6.88. The zero-order chi connectivity index (χ0) is 18.4. The Hall–Kier alpha value is -2.43. The highest BCUT2D eigenvalue weighted by molar-refractivity contribution is 5.97. The average Bonchev–Trinajstić information content (AvgIpc) is 2.99. The number of allylic oxidation sites excluding steroid dienone is 6. The highest BCUT2D eigenvalue weighted by Crippen LogP contribution is 2.33. The third-order valence-corrected chi connectivity index (χ3v) is 5.10. The number of fused-ring (bicyclic) bond motifs is 1. The Morgan fingerprint density at radius 2 is 1.81 bits per heavy atom. The number of rotatable bonds is 4. The number of nitrogens with zero attached hydrogens (tertiary/aromatic N) is 4. The minimum Gasteiger partial charge on any atom is -0.383 e. The van der Waals surface area contributed by atoms with Gasteiger partial charge in [0.25, 0.3) is 0 Å². The summed E-state index contributed by atoms with van der Waals surface area (Å²) in [6, 6.07) is 0.387. The summed E-state index contributed by atoms with van der Waals surface area (Å²) in [5, 5.41) is 5.85. The maximum absolute atomic E-state index is 6.23. The van der Waals surface area contributed by atoms with E-state index >= 15 is 0 Å². The quantitative estimate of drug-likeness (QED) is 0.766. The molecule has 5 heteroatoms. The molecular weight excluding hydrogens is 322 g/mol. The molecule has 1 aliphatic carbocycles. The van der Waals surface area contributed by atoms with Crippen molar-refractivity contribution in [3.05, 3.63) is 42.4 Å². The molecule has 2 aromatic rings. The zero-order valence-electron chi connectivity index (χ0n) is 15.9. The van der Waals surface area contributed by atoms with Gasteiger partial charge in [-0.15, -0.1) is 0 Å². The summed E-state index contributed by atoms with van der Waals surface area (Å²) < 4.78 is 2.11. The second kappa shape index (κ2) is 8.79. The predicted octanol–water partition coefficient (Wildman–Crippen LogP) is 5.23. The fourth-order valence-electron chi connectivity index (χ4n) is 3.71. The van der Waals surface area contributed by atoms with E-state index in [1.165, 1.54) is 32.1 Å². The number of nitrogens with two attached hydrogens (primary N) is 1. The molecule has 138 valence electrons. The van der Waals surface area contributed by atoms with Crippen molar-refractivity contribution >= 4 is 22.4 Å². The lowest BCUT2D eigenvalue weighted by Crippen LogP contribution is -2.13. The number of anilines is 1. The number of hydrogen-bond donors (Lipinski definition) is 1. The molecule has 0 unspecified atom stereocenters. The van der Waals surface area contributed by atoms with E-state index in [-0.39, 0.29) is 0 Å². The van der Waals surface area contributed by atoms with Crippen LogP contribution >= 0.6 is 0 Å². The van der Waals surface area contributed by atoms with Crippen LogP contribution in [0.25, 0.3) is 16.6 Å². The first kappa shape index (κ1) is 18.4. The summed E-state index contributed by atoms with van der Waals surface area (Å²) in [5.41, 5.74) is 9.01. The standard InChI is InChI=1S/C21H29N5/c1-3-5-9-12-16(4-2)19-18-20(22)23-15-24-21(18)26(25-19)17-13-10-7-6-8-11-14-17/h3-5,9,12,15,17H,6-8,10-11,13-14H2,1-2H3,(H2,22,23,24)/b5-3-,12-9-,16-4+. The minimum absolute atomic E-state index is 0.387. The first-order valence-electron chi connectivity index (χ1n) is 9.71. The monoisotopic (exact) mass is 351 g/mol. The Kier molecular flexibility index (Phi) is 6.21. The fraction of sp³-hybridized carbons (Fsp3) is 0.476. The molecule has 3 rings (SSSR count).